The Morgan fingerprint density at radius 3 is 2.42 bits per heavy atom. The summed E-state index contributed by atoms with van der Waals surface area (Å²) in [7, 11) is 0. The first-order chi connectivity index (χ1) is 17.5. The number of ether oxygens (including phenoxy) is 3. The lowest BCUT2D eigenvalue weighted by molar-refractivity contribution is -0.143. The van der Waals surface area contributed by atoms with Crippen LogP contribution in [-0.4, -0.2) is 37.0 Å². The van der Waals surface area contributed by atoms with Gasteiger partial charge in [-0.3, -0.25) is 0 Å². The quantitative estimate of drug-likeness (QED) is 0.483. The van der Waals surface area contributed by atoms with Gasteiger partial charge in [0.25, 0.3) is 0 Å². The molecule has 2 heterocycles. The van der Waals surface area contributed by atoms with E-state index in [4.69, 9.17) is 14.2 Å². The summed E-state index contributed by atoms with van der Waals surface area (Å²) in [6, 6.07) is 4.35. The van der Waals surface area contributed by atoms with Crippen LogP contribution in [0, 0.1) is 11.3 Å². The topological polar surface area (TPSA) is 65.0 Å². The zero-order valence-electron chi connectivity index (χ0n) is 21.7. The molecule has 6 rings (SSSR count). The van der Waals surface area contributed by atoms with Crippen LogP contribution in [0.5, 0.6) is 11.5 Å². The van der Waals surface area contributed by atoms with Gasteiger partial charge in [-0.2, -0.15) is 0 Å². The number of carboxylic acid groups (broad SMARTS) is 1. The molecule has 192 valence electrons. The van der Waals surface area contributed by atoms with Gasteiger partial charge >= 0.3 is 5.97 Å². The number of carbonyl (C=O) groups is 1. The summed E-state index contributed by atoms with van der Waals surface area (Å²) in [6.07, 6.45) is 12.2. The van der Waals surface area contributed by atoms with E-state index < -0.39 is 5.97 Å². The van der Waals surface area contributed by atoms with Crippen molar-refractivity contribution in [1.82, 2.24) is 0 Å². The first-order valence-electron chi connectivity index (χ1n) is 13.9. The molecule has 0 radical (unpaired) electrons. The van der Waals surface area contributed by atoms with Crippen LogP contribution < -0.4 is 9.47 Å². The third kappa shape index (κ3) is 4.30. The van der Waals surface area contributed by atoms with Crippen LogP contribution in [0.2, 0.25) is 0 Å². The molecule has 0 bridgehead atoms. The van der Waals surface area contributed by atoms with E-state index in [1.54, 1.807) is 0 Å². The van der Waals surface area contributed by atoms with Crippen molar-refractivity contribution < 1.29 is 24.1 Å². The number of aryl methyl sites for hydroxylation is 1. The molecule has 1 aromatic rings. The second kappa shape index (κ2) is 9.41. The summed E-state index contributed by atoms with van der Waals surface area (Å²) in [6.45, 7) is 6.38. The predicted octanol–water partition coefficient (Wildman–Crippen LogP) is 6.65. The molecule has 3 aliphatic carbocycles. The minimum absolute atomic E-state index is 0.186. The molecule has 36 heavy (non-hydrogen) atoms. The van der Waals surface area contributed by atoms with Gasteiger partial charge in [0.15, 0.2) is 0 Å². The highest BCUT2D eigenvalue weighted by atomic mass is 16.5. The van der Waals surface area contributed by atoms with Crippen molar-refractivity contribution in [3.8, 4) is 11.5 Å². The van der Waals surface area contributed by atoms with Crippen LogP contribution in [0.15, 0.2) is 40.5 Å². The number of rotatable bonds is 6. The molecule has 1 N–H and O–H groups in total. The lowest BCUT2D eigenvalue weighted by atomic mass is 9.74. The number of benzene rings is 1. The standard InChI is InChI=1S/C31H38O5/c1-3-20-13-24-23-10-5-4-9-22(21-7-6-8-21)26(30(32)33)14-25(23)29(31(2)17-34-18-31)36-28(24)15-27(20)35-16-19-11-12-19/h13-15,19,29H,3-12,16-18H2,1-2H3,(H,32,33). The average molecular weight is 491 g/mol. The number of hydrogen-bond donors (Lipinski definition) is 1. The van der Waals surface area contributed by atoms with E-state index in [1.807, 2.05) is 6.08 Å². The maximum absolute atomic E-state index is 12.6. The monoisotopic (exact) mass is 490 g/mol. The van der Waals surface area contributed by atoms with Crippen molar-refractivity contribution in [3.63, 3.8) is 0 Å². The smallest absolute Gasteiger partial charge is 0.335 e. The fourth-order valence-corrected chi connectivity index (χ4v) is 6.08. The second-order valence-electron chi connectivity index (χ2n) is 11.6. The highest BCUT2D eigenvalue weighted by Gasteiger charge is 2.47. The molecule has 1 saturated heterocycles. The molecule has 2 saturated carbocycles. The zero-order chi connectivity index (χ0) is 24.9. The molecular weight excluding hydrogens is 452 g/mol. The van der Waals surface area contributed by atoms with Crippen molar-refractivity contribution >= 4 is 11.5 Å². The number of fused-ring (bicyclic) bond motifs is 2. The van der Waals surface area contributed by atoms with Gasteiger partial charge in [0, 0.05) is 11.6 Å². The minimum Gasteiger partial charge on any atom is -0.493 e. The second-order valence-corrected chi connectivity index (χ2v) is 11.6. The Morgan fingerprint density at radius 1 is 1.08 bits per heavy atom. The Hall–Kier alpha value is -2.53. The summed E-state index contributed by atoms with van der Waals surface area (Å²) in [4.78, 5) is 12.6. The van der Waals surface area contributed by atoms with E-state index in [2.05, 4.69) is 26.0 Å². The minimum atomic E-state index is -0.823. The fourth-order valence-electron chi connectivity index (χ4n) is 6.08. The Labute approximate surface area is 214 Å². The third-order valence-electron chi connectivity index (χ3n) is 8.76. The van der Waals surface area contributed by atoms with E-state index in [0.29, 0.717) is 24.7 Å². The molecule has 0 spiro atoms. The van der Waals surface area contributed by atoms with E-state index in [1.165, 1.54) is 36.0 Å². The zero-order valence-corrected chi connectivity index (χ0v) is 21.7. The SMILES string of the molecule is CCc1cc2c(cc1OCC1CC1)OC(C1(C)COC1)C1=C2CCCCC(=C2CCC2)C(C(=O)O)=C1. The van der Waals surface area contributed by atoms with Crippen LogP contribution in [0.3, 0.4) is 0 Å². The number of hydrogen-bond acceptors (Lipinski definition) is 4. The van der Waals surface area contributed by atoms with Crippen LogP contribution in [0.4, 0.5) is 0 Å². The Balaban J connectivity index is 1.51. The van der Waals surface area contributed by atoms with Gasteiger partial charge in [0.1, 0.15) is 17.6 Å². The first-order valence-corrected chi connectivity index (χ1v) is 13.9. The predicted molar refractivity (Wildman–Crippen MR) is 139 cm³/mol. The summed E-state index contributed by atoms with van der Waals surface area (Å²) in [5.74, 6) is 1.67. The van der Waals surface area contributed by atoms with Gasteiger partial charge in [-0.05, 0) is 105 Å². The molecule has 3 fully saturated rings. The van der Waals surface area contributed by atoms with Gasteiger partial charge in [-0.1, -0.05) is 19.4 Å². The molecular formula is C31H38O5. The van der Waals surface area contributed by atoms with Crippen LogP contribution in [0.25, 0.3) is 5.57 Å². The number of carboxylic acids is 1. The summed E-state index contributed by atoms with van der Waals surface area (Å²) in [5.41, 5.74) is 7.29. The molecule has 5 nitrogen and oxygen atoms in total. The average Bonchev–Trinajstić information content (AvgIpc) is 3.63. The Morgan fingerprint density at radius 2 is 1.83 bits per heavy atom. The van der Waals surface area contributed by atoms with Crippen molar-refractivity contribution in [2.24, 2.45) is 11.3 Å². The molecule has 1 unspecified atom stereocenters. The van der Waals surface area contributed by atoms with Gasteiger partial charge in [0.05, 0.1) is 30.8 Å². The largest absolute Gasteiger partial charge is 0.493 e. The molecule has 1 atom stereocenters. The molecule has 0 amide bonds. The summed E-state index contributed by atoms with van der Waals surface area (Å²) < 4.78 is 18.7. The van der Waals surface area contributed by atoms with Crippen molar-refractivity contribution in [1.29, 1.82) is 0 Å². The maximum Gasteiger partial charge on any atom is 0.335 e. The first kappa shape index (κ1) is 23.8. The third-order valence-corrected chi connectivity index (χ3v) is 8.76. The van der Waals surface area contributed by atoms with Crippen LogP contribution in [-0.2, 0) is 16.0 Å². The number of allylic oxidation sites excluding steroid dienone is 2. The molecule has 2 aliphatic heterocycles. The highest BCUT2D eigenvalue weighted by Crippen LogP contribution is 2.50. The van der Waals surface area contributed by atoms with Gasteiger partial charge in [0.2, 0.25) is 0 Å². The Bertz CT molecular complexity index is 1160. The van der Waals surface area contributed by atoms with Gasteiger partial charge in [-0.25, -0.2) is 4.79 Å². The van der Waals surface area contributed by atoms with E-state index in [9.17, 15) is 9.90 Å². The molecule has 5 heteroatoms. The molecule has 5 aliphatic rings. The van der Waals surface area contributed by atoms with Crippen molar-refractivity contribution in [2.45, 2.75) is 84.2 Å². The number of aliphatic carboxylic acids is 1. The maximum atomic E-state index is 12.6. The Kier molecular flexibility index (Phi) is 6.23. The van der Waals surface area contributed by atoms with Crippen molar-refractivity contribution in [3.05, 3.63) is 51.6 Å². The molecule has 1 aromatic carbocycles. The van der Waals surface area contributed by atoms with Crippen LogP contribution in [0.1, 0.15) is 82.8 Å². The van der Waals surface area contributed by atoms with Crippen molar-refractivity contribution in [2.75, 3.05) is 19.8 Å². The summed E-state index contributed by atoms with van der Waals surface area (Å²) >= 11 is 0. The lowest BCUT2D eigenvalue weighted by Gasteiger charge is -2.47. The highest BCUT2D eigenvalue weighted by molar-refractivity contribution is 5.94. The lowest BCUT2D eigenvalue weighted by Crippen LogP contribution is -2.53. The normalized spacial score (nSPS) is 25.2. The summed E-state index contributed by atoms with van der Waals surface area (Å²) in [5, 5.41) is 10.4. The fraction of sp³-hybridized carbons (Fsp3) is 0.581. The van der Waals surface area contributed by atoms with Gasteiger partial charge < -0.3 is 19.3 Å². The molecule has 0 aromatic heterocycles. The van der Waals surface area contributed by atoms with Crippen LogP contribution >= 0.6 is 0 Å². The van der Waals surface area contributed by atoms with E-state index >= 15 is 0 Å². The van der Waals surface area contributed by atoms with E-state index in [0.717, 1.165) is 79.8 Å². The van der Waals surface area contributed by atoms with Gasteiger partial charge in [-0.15, -0.1) is 0 Å². The van der Waals surface area contributed by atoms with E-state index in [-0.39, 0.29) is 11.5 Å².